The number of benzene rings is 2. The highest BCUT2D eigenvalue weighted by Crippen LogP contribution is 2.25. The van der Waals surface area contributed by atoms with Gasteiger partial charge in [0.25, 0.3) is 0 Å². The van der Waals surface area contributed by atoms with Crippen LogP contribution in [0.15, 0.2) is 41.3 Å². The van der Waals surface area contributed by atoms with Gasteiger partial charge in [0.2, 0.25) is 10.0 Å². The Labute approximate surface area is 203 Å². The zero-order chi connectivity index (χ0) is 24.7. The van der Waals surface area contributed by atoms with Crippen LogP contribution in [0.3, 0.4) is 0 Å². The molecule has 5 rings (SSSR count). The number of aromatic nitrogens is 3. The zero-order valence-electron chi connectivity index (χ0n) is 20.0. The van der Waals surface area contributed by atoms with E-state index in [1.165, 1.54) is 4.31 Å². The van der Waals surface area contributed by atoms with Gasteiger partial charge in [-0.05, 0) is 62.2 Å². The van der Waals surface area contributed by atoms with Crippen LogP contribution < -0.4 is 0 Å². The molecular formula is C25H28N4O5S. The molecule has 2 aromatic carbocycles. The van der Waals surface area contributed by atoms with Crippen molar-refractivity contribution in [2.24, 2.45) is 0 Å². The molecule has 9 nitrogen and oxygen atoms in total. The molecule has 0 spiro atoms. The highest BCUT2D eigenvalue weighted by molar-refractivity contribution is 7.89. The van der Waals surface area contributed by atoms with Gasteiger partial charge in [0, 0.05) is 30.5 Å². The second-order valence-corrected chi connectivity index (χ2v) is 10.7. The fraction of sp³-hybridized carbons (Fsp3) is 0.360. The second-order valence-electron chi connectivity index (χ2n) is 8.74. The molecule has 0 saturated carbocycles. The van der Waals surface area contributed by atoms with E-state index in [0.717, 1.165) is 27.5 Å². The maximum Gasteiger partial charge on any atom is 0.355 e. The Balaban J connectivity index is 1.39. The molecule has 1 aliphatic rings. The number of aryl methyl sites for hydroxylation is 3. The number of ether oxygens (including phenoxy) is 2. The van der Waals surface area contributed by atoms with Crippen molar-refractivity contribution in [2.75, 3.05) is 26.3 Å². The van der Waals surface area contributed by atoms with E-state index in [1.807, 2.05) is 31.4 Å². The normalized spacial score (nSPS) is 15.2. The van der Waals surface area contributed by atoms with Gasteiger partial charge in [-0.3, -0.25) is 0 Å². The van der Waals surface area contributed by atoms with Crippen molar-refractivity contribution in [3.8, 4) is 0 Å². The van der Waals surface area contributed by atoms with Crippen LogP contribution in [0.25, 0.3) is 21.9 Å². The molecule has 1 N–H and O–H groups in total. The Morgan fingerprint density at radius 3 is 2.66 bits per heavy atom. The van der Waals surface area contributed by atoms with Gasteiger partial charge in [-0.15, -0.1) is 0 Å². The Hall–Kier alpha value is -3.21. The number of hydrogen-bond acceptors (Lipinski definition) is 6. The van der Waals surface area contributed by atoms with Crippen molar-refractivity contribution in [3.63, 3.8) is 0 Å². The lowest BCUT2D eigenvalue weighted by atomic mass is 10.1. The van der Waals surface area contributed by atoms with E-state index in [9.17, 15) is 13.2 Å². The molecule has 0 aliphatic carbocycles. The molecule has 10 heteroatoms. The summed E-state index contributed by atoms with van der Waals surface area (Å²) in [5, 5.41) is 0.984. The monoisotopic (exact) mass is 496 g/mol. The van der Waals surface area contributed by atoms with Crippen LogP contribution in [0.2, 0.25) is 0 Å². The fourth-order valence-electron chi connectivity index (χ4n) is 4.64. The Bertz CT molecular complexity index is 1530. The lowest BCUT2D eigenvalue weighted by Gasteiger charge is -2.26. The van der Waals surface area contributed by atoms with E-state index in [2.05, 4.69) is 16.0 Å². The first-order valence-electron chi connectivity index (χ1n) is 11.6. The molecular weight excluding hydrogens is 468 g/mol. The number of nitrogens with one attached hydrogen (secondary N) is 1. The van der Waals surface area contributed by atoms with E-state index in [4.69, 9.17) is 9.47 Å². The predicted molar refractivity (Wildman–Crippen MR) is 132 cm³/mol. The standard InChI is InChI=1S/C25H28N4O5S/c1-4-29-23-6-5-18(35(31,32)28-7-9-33-10-8-28)13-21(23)27-24(29)15-34-25(30)22-14-19-17(3)11-16(2)12-20(19)26-22/h5-6,11-14,26H,4,7-10,15H2,1-3H3. The topological polar surface area (TPSA) is 107 Å². The van der Waals surface area contributed by atoms with E-state index >= 15 is 0 Å². The predicted octanol–water partition coefficient (Wildman–Crippen LogP) is 3.53. The van der Waals surface area contributed by atoms with Crippen molar-refractivity contribution >= 4 is 37.9 Å². The number of rotatable bonds is 6. The number of nitrogens with zero attached hydrogens (tertiary/aromatic N) is 3. The third kappa shape index (κ3) is 4.33. The first-order chi connectivity index (χ1) is 16.8. The van der Waals surface area contributed by atoms with Gasteiger partial charge < -0.3 is 19.0 Å². The lowest BCUT2D eigenvalue weighted by molar-refractivity contribution is 0.0453. The molecule has 1 saturated heterocycles. The van der Waals surface area contributed by atoms with Gasteiger partial charge in [-0.1, -0.05) is 6.07 Å². The number of morpholine rings is 1. The minimum atomic E-state index is -3.63. The van der Waals surface area contributed by atoms with Gasteiger partial charge in [0.1, 0.15) is 18.1 Å². The van der Waals surface area contributed by atoms with E-state index < -0.39 is 16.0 Å². The van der Waals surface area contributed by atoms with Gasteiger partial charge >= 0.3 is 5.97 Å². The summed E-state index contributed by atoms with van der Waals surface area (Å²) in [6.07, 6.45) is 0. The number of imidazole rings is 1. The number of aromatic amines is 1. The number of esters is 1. The average Bonchev–Trinajstić information content (AvgIpc) is 3.43. The van der Waals surface area contributed by atoms with Gasteiger partial charge in [0.05, 0.1) is 29.1 Å². The number of carbonyl (C=O) groups excluding carboxylic acids is 1. The van der Waals surface area contributed by atoms with E-state index in [0.29, 0.717) is 49.9 Å². The first-order valence-corrected chi connectivity index (χ1v) is 13.1. The molecule has 35 heavy (non-hydrogen) atoms. The minimum absolute atomic E-state index is 0.0275. The summed E-state index contributed by atoms with van der Waals surface area (Å²) in [7, 11) is -3.63. The van der Waals surface area contributed by atoms with Crippen molar-refractivity contribution in [3.05, 3.63) is 59.0 Å². The molecule has 4 aromatic rings. The quantitative estimate of drug-likeness (QED) is 0.409. The van der Waals surface area contributed by atoms with Crippen LogP contribution in [0, 0.1) is 13.8 Å². The Morgan fingerprint density at radius 1 is 1.14 bits per heavy atom. The van der Waals surface area contributed by atoms with Crippen LogP contribution in [0.1, 0.15) is 34.4 Å². The molecule has 1 aliphatic heterocycles. The number of carbonyl (C=O) groups is 1. The molecule has 0 atom stereocenters. The zero-order valence-corrected chi connectivity index (χ0v) is 20.8. The highest BCUT2D eigenvalue weighted by Gasteiger charge is 2.27. The van der Waals surface area contributed by atoms with Crippen LogP contribution in [0.5, 0.6) is 0 Å². The van der Waals surface area contributed by atoms with Crippen LogP contribution in [-0.4, -0.2) is 59.5 Å². The summed E-state index contributed by atoms with van der Waals surface area (Å²) >= 11 is 0. The first kappa shape index (κ1) is 23.5. The summed E-state index contributed by atoms with van der Waals surface area (Å²) in [4.78, 5) is 20.7. The number of hydrogen-bond donors (Lipinski definition) is 1. The molecule has 184 valence electrons. The third-order valence-electron chi connectivity index (χ3n) is 6.36. The largest absolute Gasteiger partial charge is 0.453 e. The summed E-state index contributed by atoms with van der Waals surface area (Å²) in [5.74, 6) is 0.0865. The highest BCUT2D eigenvalue weighted by atomic mass is 32.2. The number of fused-ring (bicyclic) bond motifs is 2. The number of H-pyrrole nitrogens is 1. The number of sulfonamides is 1. The molecule has 0 amide bonds. The summed E-state index contributed by atoms with van der Waals surface area (Å²) in [6.45, 7) is 7.99. The summed E-state index contributed by atoms with van der Waals surface area (Å²) < 4.78 is 40.3. The molecule has 0 unspecified atom stereocenters. The van der Waals surface area contributed by atoms with Crippen molar-refractivity contribution in [2.45, 2.75) is 38.8 Å². The smallest absolute Gasteiger partial charge is 0.355 e. The molecule has 3 heterocycles. The maximum atomic E-state index is 13.0. The summed E-state index contributed by atoms with van der Waals surface area (Å²) in [5.41, 5.74) is 4.81. The maximum absolute atomic E-state index is 13.0. The van der Waals surface area contributed by atoms with Gasteiger partial charge in [-0.2, -0.15) is 4.31 Å². The fourth-order valence-corrected chi connectivity index (χ4v) is 6.06. The van der Waals surface area contributed by atoms with Crippen LogP contribution >= 0.6 is 0 Å². The Kier molecular flexibility index (Phi) is 6.12. The van der Waals surface area contributed by atoms with E-state index in [1.54, 1.807) is 24.3 Å². The van der Waals surface area contributed by atoms with Crippen molar-refractivity contribution in [1.82, 2.24) is 18.8 Å². The van der Waals surface area contributed by atoms with Gasteiger partial charge in [-0.25, -0.2) is 18.2 Å². The summed E-state index contributed by atoms with van der Waals surface area (Å²) in [6, 6.07) is 10.8. The minimum Gasteiger partial charge on any atom is -0.453 e. The second kappa shape index (κ2) is 9.10. The SMILES string of the molecule is CCn1c(COC(=O)c2cc3c(C)cc(C)cc3[nH]2)nc2cc(S(=O)(=O)N3CCOCC3)ccc21. The lowest BCUT2D eigenvalue weighted by Crippen LogP contribution is -2.40. The molecule has 1 fully saturated rings. The van der Waals surface area contributed by atoms with Crippen molar-refractivity contribution < 1.29 is 22.7 Å². The van der Waals surface area contributed by atoms with Crippen LogP contribution in [-0.2, 0) is 32.6 Å². The van der Waals surface area contributed by atoms with Crippen molar-refractivity contribution in [1.29, 1.82) is 0 Å². The molecule has 2 aromatic heterocycles. The third-order valence-corrected chi connectivity index (χ3v) is 8.26. The van der Waals surface area contributed by atoms with E-state index in [-0.39, 0.29) is 11.5 Å². The average molecular weight is 497 g/mol. The van der Waals surface area contributed by atoms with Gasteiger partial charge in [0.15, 0.2) is 0 Å². The van der Waals surface area contributed by atoms with Crippen LogP contribution in [0.4, 0.5) is 0 Å². The molecule has 0 bridgehead atoms. The molecule has 0 radical (unpaired) electrons. The Morgan fingerprint density at radius 2 is 1.91 bits per heavy atom.